The van der Waals surface area contributed by atoms with Crippen molar-refractivity contribution >= 4 is 17.8 Å². The minimum Gasteiger partial charge on any atom is -0.478 e. The maximum atomic E-state index is 11.6. The summed E-state index contributed by atoms with van der Waals surface area (Å²) in [6.07, 6.45) is 1.38. The van der Waals surface area contributed by atoms with E-state index in [1.54, 1.807) is 13.8 Å². The van der Waals surface area contributed by atoms with E-state index in [2.05, 4.69) is 0 Å². The zero-order valence-electron chi connectivity index (χ0n) is 9.56. The van der Waals surface area contributed by atoms with E-state index in [0.717, 1.165) is 4.90 Å². The van der Waals surface area contributed by atoms with Crippen LogP contribution in [0.2, 0.25) is 0 Å². The second kappa shape index (κ2) is 4.47. The van der Waals surface area contributed by atoms with E-state index in [-0.39, 0.29) is 35.8 Å². The fourth-order valence-electron chi connectivity index (χ4n) is 1.52. The number of amides is 2. The fourth-order valence-corrected chi connectivity index (χ4v) is 1.52. The minimum absolute atomic E-state index is 0.0461. The molecule has 0 aliphatic carbocycles. The lowest BCUT2D eigenvalue weighted by Crippen LogP contribution is -2.31. The predicted molar refractivity (Wildman–Crippen MR) is 56.4 cm³/mol. The van der Waals surface area contributed by atoms with Gasteiger partial charge in [0.25, 0.3) is 0 Å². The van der Waals surface area contributed by atoms with Crippen LogP contribution in [0.1, 0.15) is 20.8 Å². The first-order valence-corrected chi connectivity index (χ1v) is 5.11. The van der Waals surface area contributed by atoms with E-state index in [0.29, 0.717) is 0 Å². The van der Waals surface area contributed by atoms with Crippen LogP contribution < -0.4 is 0 Å². The highest BCUT2D eigenvalue weighted by atomic mass is 16.4. The van der Waals surface area contributed by atoms with Crippen LogP contribution in [0.4, 0.5) is 0 Å². The normalized spacial score (nSPS) is 26.4. The summed E-state index contributed by atoms with van der Waals surface area (Å²) in [5.74, 6) is -2.13. The number of carbonyl (C=O) groups excluding carboxylic acids is 2. The molecule has 5 nitrogen and oxygen atoms in total. The zero-order chi connectivity index (χ0) is 12.5. The van der Waals surface area contributed by atoms with Gasteiger partial charge >= 0.3 is 5.97 Å². The monoisotopic (exact) mass is 225 g/mol. The number of carboxylic acids is 1. The summed E-state index contributed by atoms with van der Waals surface area (Å²) in [5.41, 5.74) is 0.132. The number of hydrogen-bond donors (Lipinski definition) is 1. The standard InChI is InChI=1S/C11H15NO4/c1-6(11(15)16)4-5-12-9(13)7(2)8(3)10(12)14/h4,7-8H,5H2,1-3H3,(H,15,16). The van der Waals surface area contributed by atoms with Crippen molar-refractivity contribution in [2.45, 2.75) is 20.8 Å². The molecule has 16 heavy (non-hydrogen) atoms. The summed E-state index contributed by atoms with van der Waals surface area (Å²) >= 11 is 0. The van der Waals surface area contributed by atoms with Crippen LogP contribution in [0.3, 0.4) is 0 Å². The van der Waals surface area contributed by atoms with Gasteiger partial charge in [-0.25, -0.2) is 4.79 Å². The number of nitrogens with zero attached hydrogens (tertiary/aromatic N) is 1. The Morgan fingerprint density at radius 2 is 1.75 bits per heavy atom. The van der Waals surface area contributed by atoms with Crippen molar-refractivity contribution in [3.05, 3.63) is 11.6 Å². The molecule has 2 unspecified atom stereocenters. The van der Waals surface area contributed by atoms with Gasteiger partial charge in [0, 0.05) is 24.0 Å². The Hall–Kier alpha value is -1.65. The molecule has 0 aromatic rings. The number of carboxylic acid groups (broad SMARTS) is 1. The molecule has 1 saturated heterocycles. The van der Waals surface area contributed by atoms with Crippen LogP contribution in [-0.2, 0) is 14.4 Å². The molecule has 0 bridgehead atoms. The topological polar surface area (TPSA) is 74.7 Å². The number of rotatable bonds is 3. The number of hydrogen-bond acceptors (Lipinski definition) is 3. The lowest BCUT2D eigenvalue weighted by molar-refractivity contribution is -0.139. The third-order valence-electron chi connectivity index (χ3n) is 2.98. The Bertz CT molecular complexity index is 352. The van der Waals surface area contributed by atoms with Gasteiger partial charge in [-0.1, -0.05) is 19.9 Å². The van der Waals surface area contributed by atoms with Crippen molar-refractivity contribution in [3.8, 4) is 0 Å². The van der Waals surface area contributed by atoms with Gasteiger partial charge in [-0.05, 0) is 6.92 Å². The van der Waals surface area contributed by atoms with Gasteiger partial charge in [0.2, 0.25) is 11.8 Å². The quantitative estimate of drug-likeness (QED) is 0.565. The molecule has 0 aromatic carbocycles. The van der Waals surface area contributed by atoms with Crippen molar-refractivity contribution in [1.82, 2.24) is 4.90 Å². The first kappa shape index (κ1) is 12.4. The lowest BCUT2D eigenvalue weighted by Gasteiger charge is -2.11. The largest absolute Gasteiger partial charge is 0.478 e. The highest BCUT2D eigenvalue weighted by Gasteiger charge is 2.41. The molecule has 88 valence electrons. The molecule has 1 aliphatic heterocycles. The van der Waals surface area contributed by atoms with Crippen molar-refractivity contribution in [2.75, 3.05) is 6.54 Å². The number of likely N-dealkylation sites (tertiary alicyclic amines) is 1. The molecule has 0 radical (unpaired) electrons. The van der Waals surface area contributed by atoms with Gasteiger partial charge in [0.1, 0.15) is 0 Å². The van der Waals surface area contributed by atoms with Crippen molar-refractivity contribution in [2.24, 2.45) is 11.8 Å². The van der Waals surface area contributed by atoms with E-state index >= 15 is 0 Å². The summed E-state index contributed by atoms with van der Waals surface area (Å²) in [4.78, 5) is 34.9. The minimum atomic E-state index is -1.04. The third-order valence-corrected chi connectivity index (χ3v) is 2.98. The van der Waals surface area contributed by atoms with Crippen LogP contribution in [-0.4, -0.2) is 34.3 Å². The van der Waals surface area contributed by atoms with Gasteiger partial charge in [0.15, 0.2) is 0 Å². The number of imide groups is 1. The van der Waals surface area contributed by atoms with Gasteiger partial charge in [0.05, 0.1) is 0 Å². The first-order chi connectivity index (χ1) is 7.36. The first-order valence-electron chi connectivity index (χ1n) is 5.11. The molecule has 1 rings (SSSR count). The van der Waals surface area contributed by atoms with Crippen LogP contribution in [0.5, 0.6) is 0 Å². The molecular weight excluding hydrogens is 210 g/mol. The highest BCUT2D eigenvalue weighted by Crippen LogP contribution is 2.25. The van der Waals surface area contributed by atoms with Crippen LogP contribution in [0.25, 0.3) is 0 Å². The van der Waals surface area contributed by atoms with Gasteiger partial charge < -0.3 is 5.11 Å². The van der Waals surface area contributed by atoms with E-state index in [9.17, 15) is 14.4 Å². The lowest BCUT2D eigenvalue weighted by atomic mass is 10.00. The highest BCUT2D eigenvalue weighted by molar-refractivity contribution is 6.04. The Labute approximate surface area is 93.7 Å². The van der Waals surface area contributed by atoms with Gasteiger partial charge in [-0.2, -0.15) is 0 Å². The van der Waals surface area contributed by atoms with E-state index in [1.807, 2.05) is 0 Å². The van der Waals surface area contributed by atoms with Crippen LogP contribution in [0.15, 0.2) is 11.6 Å². The Kier molecular flexibility index (Phi) is 3.47. The summed E-state index contributed by atoms with van der Waals surface area (Å²) < 4.78 is 0. The SMILES string of the molecule is CC(=CCN1C(=O)C(C)C(C)C1=O)C(=O)O. The molecule has 2 atom stereocenters. The molecule has 0 aromatic heterocycles. The Balaban J connectivity index is 2.76. The molecule has 0 spiro atoms. The average Bonchev–Trinajstić information content (AvgIpc) is 2.41. The molecule has 0 saturated carbocycles. The maximum Gasteiger partial charge on any atom is 0.331 e. The van der Waals surface area contributed by atoms with Crippen LogP contribution >= 0.6 is 0 Å². The van der Waals surface area contributed by atoms with Gasteiger partial charge in [-0.15, -0.1) is 0 Å². The average molecular weight is 225 g/mol. The van der Waals surface area contributed by atoms with E-state index < -0.39 is 5.97 Å². The summed E-state index contributed by atoms with van der Waals surface area (Å²) in [6.45, 7) is 4.89. The smallest absolute Gasteiger partial charge is 0.331 e. The van der Waals surface area contributed by atoms with E-state index in [4.69, 9.17) is 5.11 Å². The molecule has 1 N–H and O–H groups in total. The molecule has 1 heterocycles. The third kappa shape index (κ3) is 2.13. The van der Waals surface area contributed by atoms with Crippen molar-refractivity contribution in [1.29, 1.82) is 0 Å². The fraction of sp³-hybridized carbons (Fsp3) is 0.545. The van der Waals surface area contributed by atoms with Crippen LogP contribution in [0, 0.1) is 11.8 Å². The summed E-state index contributed by atoms with van der Waals surface area (Å²) in [6, 6.07) is 0. The summed E-state index contributed by atoms with van der Waals surface area (Å²) in [5, 5.41) is 8.64. The molecule has 1 fully saturated rings. The Morgan fingerprint density at radius 1 is 1.31 bits per heavy atom. The number of carbonyl (C=O) groups is 3. The van der Waals surface area contributed by atoms with Crippen molar-refractivity contribution in [3.63, 3.8) is 0 Å². The van der Waals surface area contributed by atoms with E-state index in [1.165, 1.54) is 13.0 Å². The molecule has 2 amide bonds. The second-order valence-corrected chi connectivity index (χ2v) is 4.06. The molecule has 1 aliphatic rings. The Morgan fingerprint density at radius 3 is 2.12 bits per heavy atom. The summed E-state index contributed by atoms with van der Waals surface area (Å²) in [7, 11) is 0. The predicted octanol–water partition coefficient (Wildman–Crippen LogP) is 0.658. The molecular formula is C11H15NO4. The maximum absolute atomic E-state index is 11.6. The number of aliphatic carboxylic acids is 1. The molecule has 5 heteroatoms. The zero-order valence-corrected chi connectivity index (χ0v) is 9.56. The second-order valence-electron chi connectivity index (χ2n) is 4.06. The van der Waals surface area contributed by atoms with Crippen molar-refractivity contribution < 1.29 is 19.5 Å². The van der Waals surface area contributed by atoms with Gasteiger partial charge in [-0.3, -0.25) is 14.5 Å².